The molecular weight excluding hydrogens is 212 g/mol. The first-order chi connectivity index (χ1) is 6.79. The van der Waals surface area contributed by atoms with Gasteiger partial charge in [-0.1, -0.05) is 20.8 Å². The first kappa shape index (κ1) is 12.9. The summed E-state index contributed by atoms with van der Waals surface area (Å²) in [6, 6.07) is 0.413. The molecule has 1 unspecified atom stereocenters. The summed E-state index contributed by atoms with van der Waals surface area (Å²) in [4.78, 5) is 0. The Labute approximate surface area is 92.9 Å². The van der Waals surface area contributed by atoms with Crippen molar-refractivity contribution in [3.63, 3.8) is 0 Å². The Morgan fingerprint density at radius 2 is 2.00 bits per heavy atom. The maximum Gasteiger partial charge on any atom is 0.211 e. The molecule has 1 aliphatic rings. The van der Waals surface area contributed by atoms with Crippen LogP contribution in [0.5, 0.6) is 0 Å². The van der Waals surface area contributed by atoms with Gasteiger partial charge in [0.1, 0.15) is 0 Å². The van der Waals surface area contributed by atoms with E-state index in [0.717, 1.165) is 19.4 Å². The SMILES string of the molecule is CC(C)(C)CNS(=O)(=O)CCC1CCN1. The van der Waals surface area contributed by atoms with Gasteiger partial charge >= 0.3 is 0 Å². The molecule has 1 saturated heterocycles. The van der Waals surface area contributed by atoms with Gasteiger partial charge in [0.05, 0.1) is 5.75 Å². The molecule has 1 rings (SSSR count). The molecule has 0 aromatic carbocycles. The second kappa shape index (κ2) is 4.80. The zero-order chi connectivity index (χ0) is 11.5. The normalized spacial score (nSPS) is 22.5. The molecule has 0 radical (unpaired) electrons. The lowest BCUT2D eigenvalue weighted by Gasteiger charge is -2.27. The minimum Gasteiger partial charge on any atom is -0.314 e. The molecule has 0 bridgehead atoms. The third-order valence-electron chi connectivity index (χ3n) is 2.48. The van der Waals surface area contributed by atoms with Crippen molar-refractivity contribution >= 4 is 10.0 Å². The summed E-state index contributed by atoms with van der Waals surface area (Å²) < 4.78 is 25.8. The Kier molecular flexibility index (Phi) is 4.14. The molecule has 15 heavy (non-hydrogen) atoms. The van der Waals surface area contributed by atoms with Crippen molar-refractivity contribution in [3.05, 3.63) is 0 Å². The van der Waals surface area contributed by atoms with E-state index in [1.807, 2.05) is 20.8 Å². The monoisotopic (exact) mass is 234 g/mol. The zero-order valence-electron chi connectivity index (χ0n) is 9.84. The third kappa shape index (κ3) is 5.49. The van der Waals surface area contributed by atoms with E-state index in [4.69, 9.17) is 0 Å². The van der Waals surface area contributed by atoms with Crippen molar-refractivity contribution < 1.29 is 8.42 Å². The van der Waals surface area contributed by atoms with Crippen LogP contribution in [-0.4, -0.2) is 33.3 Å². The van der Waals surface area contributed by atoms with Gasteiger partial charge in [-0.3, -0.25) is 0 Å². The van der Waals surface area contributed by atoms with Crippen LogP contribution in [0, 0.1) is 5.41 Å². The van der Waals surface area contributed by atoms with Crippen LogP contribution in [0.3, 0.4) is 0 Å². The molecule has 0 saturated carbocycles. The smallest absolute Gasteiger partial charge is 0.211 e. The fraction of sp³-hybridized carbons (Fsp3) is 1.00. The first-order valence-electron chi connectivity index (χ1n) is 5.49. The average molecular weight is 234 g/mol. The molecule has 1 atom stereocenters. The molecule has 90 valence electrons. The second-order valence-corrected chi connectivity index (χ2v) is 7.36. The van der Waals surface area contributed by atoms with Crippen LogP contribution in [0.1, 0.15) is 33.6 Å². The van der Waals surface area contributed by atoms with E-state index in [0.29, 0.717) is 12.6 Å². The second-order valence-electron chi connectivity index (χ2n) is 5.43. The summed E-state index contributed by atoms with van der Waals surface area (Å²) in [7, 11) is -3.08. The van der Waals surface area contributed by atoms with Gasteiger partial charge in [0.25, 0.3) is 0 Å². The van der Waals surface area contributed by atoms with Crippen LogP contribution in [0.25, 0.3) is 0 Å². The lowest BCUT2D eigenvalue weighted by molar-refractivity contribution is 0.360. The van der Waals surface area contributed by atoms with Gasteiger partial charge in [-0.25, -0.2) is 13.1 Å². The van der Waals surface area contributed by atoms with Gasteiger partial charge in [-0.2, -0.15) is 0 Å². The van der Waals surface area contributed by atoms with Crippen LogP contribution in [0.4, 0.5) is 0 Å². The highest BCUT2D eigenvalue weighted by Crippen LogP contribution is 2.12. The van der Waals surface area contributed by atoms with Crippen LogP contribution in [0.2, 0.25) is 0 Å². The van der Waals surface area contributed by atoms with Crippen molar-refractivity contribution in [1.82, 2.24) is 10.0 Å². The summed E-state index contributed by atoms with van der Waals surface area (Å²) in [6.45, 7) is 7.59. The van der Waals surface area contributed by atoms with Crippen LogP contribution < -0.4 is 10.0 Å². The summed E-state index contributed by atoms with van der Waals surface area (Å²) in [6.07, 6.45) is 1.83. The minimum atomic E-state index is -3.08. The Morgan fingerprint density at radius 3 is 2.40 bits per heavy atom. The quantitative estimate of drug-likeness (QED) is 0.736. The molecule has 0 spiro atoms. The molecule has 0 aromatic heterocycles. The highest BCUT2D eigenvalue weighted by atomic mass is 32.2. The van der Waals surface area contributed by atoms with Gasteiger partial charge in [-0.05, 0) is 24.8 Å². The highest BCUT2D eigenvalue weighted by Gasteiger charge is 2.21. The average Bonchev–Trinajstić information content (AvgIpc) is 1.97. The van der Waals surface area contributed by atoms with E-state index in [-0.39, 0.29) is 11.2 Å². The number of hydrogen-bond acceptors (Lipinski definition) is 3. The van der Waals surface area contributed by atoms with Crippen molar-refractivity contribution in [1.29, 1.82) is 0 Å². The summed E-state index contributed by atoms with van der Waals surface area (Å²) in [5, 5.41) is 3.20. The van der Waals surface area contributed by atoms with Gasteiger partial charge in [0.15, 0.2) is 0 Å². The molecule has 1 fully saturated rings. The lowest BCUT2D eigenvalue weighted by atomic mass is 9.98. The molecule has 2 N–H and O–H groups in total. The molecule has 5 heteroatoms. The summed E-state index contributed by atoms with van der Waals surface area (Å²) >= 11 is 0. The van der Waals surface area contributed by atoms with Crippen LogP contribution >= 0.6 is 0 Å². The lowest BCUT2D eigenvalue weighted by Crippen LogP contribution is -2.44. The molecule has 0 amide bonds. The Balaban J connectivity index is 2.25. The van der Waals surface area contributed by atoms with E-state index in [1.165, 1.54) is 0 Å². The fourth-order valence-electron chi connectivity index (χ4n) is 1.29. The van der Waals surface area contributed by atoms with E-state index in [2.05, 4.69) is 10.0 Å². The van der Waals surface area contributed by atoms with Gasteiger partial charge in [0, 0.05) is 12.6 Å². The largest absolute Gasteiger partial charge is 0.314 e. The number of rotatable bonds is 5. The summed E-state index contributed by atoms with van der Waals surface area (Å²) in [5.41, 5.74) is 0.00178. The first-order valence-corrected chi connectivity index (χ1v) is 7.14. The fourth-order valence-corrected chi connectivity index (χ4v) is 2.68. The molecular formula is C10H22N2O2S. The minimum absolute atomic E-state index is 0.00178. The summed E-state index contributed by atoms with van der Waals surface area (Å²) in [5.74, 6) is 0.237. The zero-order valence-corrected chi connectivity index (χ0v) is 10.7. The van der Waals surface area contributed by atoms with Crippen LogP contribution in [-0.2, 0) is 10.0 Å². The van der Waals surface area contributed by atoms with E-state index in [9.17, 15) is 8.42 Å². The van der Waals surface area contributed by atoms with Crippen molar-refractivity contribution in [2.75, 3.05) is 18.8 Å². The molecule has 1 aliphatic heterocycles. The van der Waals surface area contributed by atoms with E-state index in [1.54, 1.807) is 0 Å². The molecule has 0 aliphatic carbocycles. The maximum absolute atomic E-state index is 11.6. The van der Waals surface area contributed by atoms with Gasteiger partial charge in [0.2, 0.25) is 10.0 Å². The van der Waals surface area contributed by atoms with E-state index >= 15 is 0 Å². The van der Waals surface area contributed by atoms with Crippen molar-refractivity contribution in [2.24, 2.45) is 5.41 Å². The Hall–Kier alpha value is -0.130. The predicted octanol–water partition coefficient (Wildman–Crippen LogP) is 0.704. The van der Waals surface area contributed by atoms with Gasteiger partial charge < -0.3 is 5.32 Å². The number of hydrogen-bond donors (Lipinski definition) is 2. The van der Waals surface area contributed by atoms with Crippen molar-refractivity contribution in [3.8, 4) is 0 Å². The van der Waals surface area contributed by atoms with E-state index < -0.39 is 10.0 Å². The van der Waals surface area contributed by atoms with Gasteiger partial charge in [-0.15, -0.1) is 0 Å². The maximum atomic E-state index is 11.6. The van der Waals surface area contributed by atoms with Crippen molar-refractivity contribution in [2.45, 2.75) is 39.7 Å². The number of sulfonamides is 1. The molecule has 0 aromatic rings. The Bertz CT molecular complexity index is 289. The third-order valence-corrected chi connectivity index (χ3v) is 3.84. The Morgan fingerprint density at radius 1 is 1.40 bits per heavy atom. The predicted molar refractivity (Wildman–Crippen MR) is 62.3 cm³/mol. The standard InChI is InChI=1S/C10H22N2O2S/c1-10(2,3)8-12-15(13,14)7-5-9-4-6-11-9/h9,11-12H,4-8H2,1-3H3. The number of nitrogens with one attached hydrogen (secondary N) is 2. The van der Waals surface area contributed by atoms with Crippen LogP contribution in [0.15, 0.2) is 0 Å². The molecule has 1 heterocycles. The molecule has 4 nitrogen and oxygen atoms in total. The highest BCUT2D eigenvalue weighted by molar-refractivity contribution is 7.89. The topological polar surface area (TPSA) is 58.2 Å².